The summed E-state index contributed by atoms with van der Waals surface area (Å²) in [4.78, 5) is 41.2. The average molecular weight is 341 g/mol. The molecule has 1 aromatic rings. The number of fused-ring (bicyclic) bond motifs is 1. The van der Waals surface area contributed by atoms with Gasteiger partial charge in [-0.05, 0) is 37.8 Å². The first-order valence-corrected chi connectivity index (χ1v) is 7.55. The van der Waals surface area contributed by atoms with Gasteiger partial charge in [0.2, 0.25) is 0 Å². The SMILES string of the molecule is O=C(ON1C(=O)c2ccccc2C1=O)C1CCC(C(F)(F)F)CC1. The van der Waals surface area contributed by atoms with E-state index in [2.05, 4.69) is 0 Å². The molecule has 0 saturated heterocycles. The van der Waals surface area contributed by atoms with E-state index in [1.54, 1.807) is 12.1 Å². The van der Waals surface area contributed by atoms with E-state index in [1.165, 1.54) is 12.1 Å². The number of hydrogen-bond donors (Lipinski definition) is 0. The summed E-state index contributed by atoms with van der Waals surface area (Å²) in [5.74, 6) is -4.49. The minimum absolute atomic E-state index is 0.0200. The van der Waals surface area contributed by atoms with E-state index in [0.29, 0.717) is 5.06 Å². The molecule has 2 aliphatic rings. The number of alkyl halides is 3. The first-order valence-electron chi connectivity index (χ1n) is 7.55. The highest BCUT2D eigenvalue weighted by Crippen LogP contribution is 2.40. The van der Waals surface area contributed by atoms with Crippen LogP contribution >= 0.6 is 0 Å². The maximum atomic E-state index is 12.6. The van der Waals surface area contributed by atoms with E-state index >= 15 is 0 Å². The van der Waals surface area contributed by atoms with E-state index in [1.807, 2.05) is 0 Å². The number of carbonyl (C=O) groups excluding carboxylic acids is 3. The third-order valence-corrected chi connectivity index (χ3v) is 4.46. The van der Waals surface area contributed by atoms with Gasteiger partial charge >= 0.3 is 12.1 Å². The number of carbonyl (C=O) groups is 3. The molecule has 0 N–H and O–H groups in total. The smallest absolute Gasteiger partial charge is 0.329 e. The molecular weight excluding hydrogens is 327 g/mol. The highest BCUT2D eigenvalue weighted by Gasteiger charge is 2.44. The summed E-state index contributed by atoms with van der Waals surface area (Å²) in [6.45, 7) is 0. The molecule has 24 heavy (non-hydrogen) atoms. The van der Waals surface area contributed by atoms with Crippen molar-refractivity contribution in [3.8, 4) is 0 Å². The predicted octanol–water partition coefficient (Wildman–Crippen LogP) is 3.11. The second kappa shape index (κ2) is 5.92. The summed E-state index contributed by atoms with van der Waals surface area (Å²) in [5.41, 5.74) is 0.271. The largest absolute Gasteiger partial charge is 0.391 e. The second-order valence-corrected chi connectivity index (χ2v) is 5.95. The van der Waals surface area contributed by atoms with E-state index in [-0.39, 0.29) is 36.8 Å². The second-order valence-electron chi connectivity index (χ2n) is 5.95. The Hall–Kier alpha value is -2.38. The Kier molecular flexibility index (Phi) is 4.06. The predicted molar refractivity (Wildman–Crippen MR) is 74.5 cm³/mol. The van der Waals surface area contributed by atoms with Crippen LogP contribution < -0.4 is 0 Å². The van der Waals surface area contributed by atoms with Crippen LogP contribution in [0, 0.1) is 11.8 Å². The van der Waals surface area contributed by atoms with Crippen LogP contribution in [0.1, 0.15) is 46.4 Å². The monoisotopic (exact) mass is 341 g/mol. The van der Waals surface area contributed by atoms with Crippen LogP contribution in [-0.4, -0.2) is 29.0 Å². The summed E-state index contributed by atoms with van der Waals surface area (Å²) in [7, 11) is 0. The first-order chi connectivity index (χ1) is 11.3. The van der Waals surface area contributed by atoms with Gasteiger partial charge in [0.05, 0.1) is 23.0 Å². The van der Waals surface area contributed by atoms with Crippen LogP contribution in [0.3, 0.4) is 0 Å². The Morgan fingerprint density at radius 3 is 1.96 bits per heavy atom. The molecule has 1 aromatic carbocycles. The zero-order valence-corrected chi connectivity index (χ0v) is 12.5. The van der Waals surface area contributed by atoms with Gasteiger partial charge in [-0.1, -0.05) is 17.2 Å². The van der Waals surface area contributed by atoms with Crippen molar-refractivity contribution in [1.82, 2.24) is 5.06 Å². The topological polar surface area (TPSA) is 63.7 Å². The summed E-state index contributed by atoms with van der Waals surface area (Å²) in [6.07, 6.45) is -4.55. The van der Waals surface area contributed by atoms with Crippen LogP contribution in [0.25, 0.3) is 0 Å². The van der Waals surface area contributed by atoms with E-state index in [9.17, 15) is 27.6 Å². The summed E-state index contributed by atoms with van der Waals surface area (Å²) >= 11 is 0. The van der Waals surface area contributed by atoms with Crippen molar-refractivity contribution in [3.05, 3.63) is 35.4 Å². The maximum Gasteiger partial charge on any atom is 0.391 e. The number of hydrogen-bond acceptors (Lipinski definition) is 4. The van der Waals surface area contributed by atoms with Crippen molar-refractivity contribution in [2.24, 2.45) is 11.8 Å². The van der Waals surface area contributed by atoms with E-state index in [4.69, 9.17) is 4.84 Å². The normalized spacial score (nSPS) is 24.0. The molecule has 1 fully saturated rings. The maximum absolute atomic E-state index is 12.6. The van der Waals surface area contributed by atoms with Gasteiger partial charge in [0, 0.05) is 0 Å². The Bertz CT molecular complexity index is 658. The van der Waals surface area contributed by atoms with Crippen molar-refractivity contribution < 1.29 is 32.4 Å². The molecule has 1 heterocycles. The number of amides is 2. The van der Waals surface area contributed by atoms with Gasteiger partial charge in [0.25, 0.3) is 11.8 Å². The molecule has 128 valence electrons. The fourth-order valence-corrected chi connectivity index (χ4v) is 3.07. The molecule has 0 unspecified atom stereocenters. The van der Waals surface area contributed by atoms with Crippen molar-refractivity contribution in [2.75, 3.05) is 0 Å². The quantitative estimate of drug-likeness (QED) is 0.776. The summed E-state index contributed by atoms with van der Waals surface area (Å²) < 4.78 is 37.9. The Balaban J connectivity index is 1.63. The number of imide groups is 1. The van der Waals surface area contributed by atoms with Gasteiger partial charge in [-0.2, -0.15) is 13.2 Å². The molecule has 0 bridgehead atoms. The lowest BCUT2D eigenvalue weighted by Crippen LogP contribution is -2.37. The molecule has 8 heteroatoms. The fourth-order valence-electron chi connectivity index (χ4n) is 3.07. The zero-order chi connectivity index (χ0) is 17.5. The minimum Gasteiger partial charge on any atom is -0.329 e. The van der Waals surface area contributed by atoms with Gasteiger partial charge < -0.3 is 4.84 Å². The summed E-state index contributed by atoms with van der Waals surface area (Å²) in [6, 6.07) is 6.04. The average Bonchev–Trinajstić information content (AvgIpc) is 2.79. The molecular formula is C16H14F3NO4. The van der Waals surface area contributed by atoms with Crippen molar-refractivity contribution >= 4 is 17.8 Å². The van der Waals surface area contributed by atoms with Gasteiger partial charge in [-0.25, -0.2) is 4.79 Å². The molecule has 0 aromatic heterocycles. The van der Waals surface area contributed by atoms with Gasteiger partial charge in [-0.15, -0.1) is 0 Å². The number of halogens is 3. The molecule has 2 amide bonds. The molecule has 1 saturated carbocycles. The van der Waals surface area contributed by atoms with Crippen LogP contribution in [-0.2, 0) is 9.63 Å². The lowest BCUT2D eigenvalue weighted by molar-refractivity contribution is -0.191. The fraction of sp³-hybridized carbons (Fsp3) is 0.438. The lowest BCUT2D eigenvalue weighted by atomic mass is 9.82. The Labute approximate surface area is 135 Å². The number of rotatable bonds is 2. The van der Waals surface area contributed by atoms with E-state index < -0.39 is 35.8 Å². The molecule has 1 aliphatic carbocycles. The van der Waals surface area contributed by atoms with Crippen LogP contribution in [0.5, 0.6) is 0 Å². The van der Waals surface area contributed by atoms with Gasteiger partial charge in [0.1, 0.15) is 0 Å². The molecule has 0 spiro atoms. The van der Waals surface area contributed by atoms with Crippen LogP contribution in [0.4, 0.5) is 13.2 Å². The third kappa shape index (κ3) is 2.88. The molecule has 3 rings (SSSR count). The first kappa shape index (κ1) is 16.5. The zero-order valence-electron chi connectivity index (χ0n) is 12.5. The van der Waals surface area contributed by atoms with Crippen LogP contribution in [0.15, 0.2) is 24.3 Å². The Morgan fingerprint density at radius 1 is 1.00 bits per heavy atom. The number of hydroxylamine groups is 2. The molecule has 1 aliphatic heterocycles. The third-order valence-electron chi connectivity index (χ3n) is 4.46. The minimum atomic E-state index is -4.27. The van der Waals surface area contributed by atoms with E-state index in [0.717, 1.165) is 0 Å². The van der Waals surface area contributed by atoms with Crippen molar-refractivity contribution in [1.29, 1.82) is 0 Å². The molecule has 0 radical (unpaired) electrons. The van der Waals surface area contributed by atoms with Gasteiger partial charge in [-0.3, -0.25) is 9.59 Å². The molecule has 0 atom stereocenters. The van der Waals surface area contributed by atoms with Crippen molar-refractivity contribution in [3.63, 3.8) is 0 Å². The van der Waals surface area contributed by atoms with Crippen molar-refractivity contribution in [2.45, 2.75) is 31.9 Å². The highest BCUT2D eigenvalue weighted by atomic mass is 19.4. The standard InChI is InChI=1S/C16H14F3NO4/c17-16(18,19)10-7-5-9(6-8-10)15(23)24-20-13(21)11-3-1-2-4-12(11)14(20)22/h1-4,9-10H,5-8H2. The number of nitrogens with zero attached hydrogens (tertiary/aromatic N) is 1. The van der Waals surface area contributed by atoms with Crippen LogP contribution in [0.2, 0.25) is 0 Å². The summed E-state index contributed by atoms with van der Waals surface area (Å²) in [5, 5.41) is 0.392. The number of benzene rings is 1. The van der Waals surface area contributed by atoms with Gasteiger partial charge in [0.15, 0.2) is 0 Å². The lowest BCUT2D eigenvalue weighted by Gasteiger charge is -2.29. The Morgan fingerprint density at radius 2 is 1.50 bits per heavy atom. The molecule has 5 nitrogen and oxygen atoms in total. The highest BCUT2D eigenvalue weighted by molar-refractivity contribution is 6.20.